The van der Waals surface area contributed by atoms with Crippen molar-refractivity contribution in [2.75, 3.05) is 17.4 Å². The molecule has 7 nitrogen and oxygen atoms in total. The quantitative estimate of drug-likeness (QED) is 0.378. The molecular weight excluding hydrogens is 510 g/mol. The van der Waals surface area contributed by atoms with Gasteiger partial charge in [0.05, 0.1) is 10.6 Å². The molecule has 0 aliphatic heterocycles. The fourth-order valence-corrected chi connectivity index (χ4v) is 5.48. The number of hydrogen-bond acceptors (Lipinski definition) is 4. The Kier molecular flexibility index (Phi) is 9.72. The van der Waals surface area contributed by atoms with Crippen molar-refractivity contribution in [3.63, 3.8) is 0 Å². The summed E-state index contributed by atoms with van der Waals surface area (Å²) in [6.45, 7) is 5.51. The summed E-state index contributed by atoms with van der Waals surface area (Å²) in [4.78, 5) is 28.1. The fourth-order valence-electron chi connectivity index (χ4n) is 3.84. The highest BCUT2D eigenvalue weighted by Crippen LogP contribution is 2.25. The van der Waals surface area contributed by atoms with Gasteiger partial charge in [0.1, 0.15) is 12.6 Å². The first kappa shape index (κ1) is 28.2. The second-order valence-corrected chi connectivity index (χ2v) is 11.1. The van der Waals surface area contributed by atoms with Gasteiger partial charge >= 0.3 is 0 Å². The van der Waals surface area contributed by atoms with Crippen LogP contribution in [-0.4, -0.2) is 44.3 Å². The molecule has 0 aliphatic carbocycles. The van der Waals surface area contributed by atoms with E-state index in [2.05, 4.69) is 5.32 Å². The van der Waals surface area contributed by atoms with E-state index in [1.54, 1.807) is 61.5 Å². The van der Waals surface area contributed by atoms with E-state index in [0.29, 0.717) is 17.3 Å². The van der Waals surface area contributed by atoms with Crippen molar-refractivity contribution in [1.82, 2.24) is 10.2 Å². The van der Waals surface area contributed by atoms with Gasteiger partial charge < -0.3 is 10.2 Å². The highest BCUT2D eigenvalue weighted by molar-refractivity contribution is 7.92. The molecule has 0 fully saturated rings. The maximum absolute atomic E-state index is 13.8. The summed E-state index contributed by atoms with van der Waals surface area (Å²) in [7, 11) is -4.07. The summed E-state index contributed by atoms with van der Waals surface area (Å²) in [5, 5.41) is 3.32. The van der Waals surface area contributed by atoms with Crippen molar-refractivity contribution < 1.29 is 18.0 Å². The van der Waals surface area contributed by atoms with E-state index in [0.717, 1.165) is 21.9 Å². The van der Waals surface area contributed by atoms with Crippen LogP contribution in [0.25, 0.3) is 0 Å². The van der Waals surface area contributed by atoms with Gasteiger partial charge in [-0.2, -0.15) is 0 Å². The number of nitrogens with zero attached hydrogens (tertiary/aromatic N) is 2. The molecule has 0 aliphatic rings. The smallest absolute Gasteiger partial charge is 0.264 e. The summed E-state index contributed by atoms with van der Waals surface area (Å²) < 4.78 is 28.5. The van der Waals surface area contributed by atoms with E-state index in [1.165, 1.54) is 17.0 Å². The summed E-state index contributed by atoms with van der Waals surface area (Å²) in [5.41, 5.74) is 1.94. The molecule has 3 rings (SSSR count). The third-order valence-electron chi connectivity index (χ3n) is 5.86. The van der Waals surface area contributed by atoms with Gasteiger partial charge in [-0.05, 0) is 67.8 Å². The number of carbonyl (C=O) groups is 2. The molecule has 196 valence electrons. The van der Waals surface area contributed by atoms with Gasteiger partial charge in [0, 0.05) is 18.1 Å². The standard InChI is InChI=1S/C28H32ClN3O4S/c1-4-16-30-28(34)22(3)31(19-23-11-9-12-24(29)18-23)27(33)20-32(25-13-8-10-21(2)17-25)37(35,36)26-14-6-5-7-15-26/h5-15,17-18,22H,4,16,19-20H2,1-3H3,(H,30,34). The van der Waals surface area contributed by atoms with Crippen LogP contribution in [0, 0.1) is 6.92 Å². The molecule has 2 amide bonds. The van der Waals surface area contributed by atoms with Crippen molar-refractivity contribution >= 4 is 39.1 Å². The molecule has 3 aromatic carbocycles. The molecule has 37 heavy (non-hydrogen) atoms. The molecule has 9 heteroatoms. The number of aryl methyl sites for hydroxylation is 1. The third-order valence-corrected chi connectivity index (χ3v) is 7.88. The Balaban J connectivity index is 2.01. The van der Waals surface area contributed by atoms with Crippen LogP contribution in [0.2, 0.25) is 5.02 Å². The number of amides is 2. The van der Waals surface area contributed by atoms with Crippen molar-refractivity contribution in [1.29, 1.82) is 0 Å². The topological polar surface area (TPSA) is 86.8 Å². The molecular formula is C28H32ClN3O4S. The van der Waals surface area contributed by atoms with Crippen LogP contribution >= 0.6 is 11.6 Å². The lowest BCUT2D eigenvalue weighted by Crippen LogP contribution is -2.51. The Morgan fingerprint density at radius 1 is 0.973 bits per heavy atom. The van der Waals surface area contributed by atoms with Crippen LogP contribution in [0.15, 0.2) is 83.8 Å². The van der Waals surface area contributed by atoms with Crippen LogP contribution in [0.5, 0.6) is 0 Å². The second kappa shape index (κ2) is 12.7. The number of sulfonamides is 1. The average Bonchev–Trinajstić information content (AvgIpc) is 2.88. The molecule has 3 aromatic rings. The molecule has 0 radical (unpaired) electrons. The number of anilines is 1. The van der Waals surface area contributed by atoms with E-state index >= 15 is 0 Å². The predicted octanol–water partition coefficient (Wildman–Crippen LogP) is 4.79. The zero-order valence-corrected chi connectivity index (χ0v) is 22.8. The molecule has 0 bridgehead atoms. The number of rotatable bonds is 11. The zero-order chi connectivity index (χ0) is 27.0. The van der Waals surface area contributed by atoms with Gasteiger partial charge in [0.15, 0.2) is 0 Å². The minimum absolute atomic E-state index is 0.0689. The van der Waals surface area contributed by atoms with E-state index in [-0.39, 0.29) is 17.3 Å². The summed E-state index contributed by atoms with van der Waals surface area (Å²) in [5.74, 6) is -0.828. The molecule has 1 atom stereocenters. The summed E-state index contributed by atoms with van der Waals surface area (Å²) in [6.07, 6.45) is 0.747. The molecule has 0 spiro atoms. The van der Waals surface area contributed by atoms with Gasteiger partial charge in [-0.3, -0.25) is 13.9 Å². The molecule has 0 saturated heterocycles. The highest BCUT2D eigenvalue weighted by Gasteiger charge is 2.32. The maximum Gasteiger partial charge on any atom is 0.264 e. The van der Waals surface area contributed by atoms with Crippen LogP contribution < -0.4 is 9.62 Å². The van der Waals surface area contributed by atoms with Gasteiger partial charge in [0.25, 0.3) is 10.0 Å². The van der Waals surface area contributed by atoms with Crippen LogP contribution in [0.3, 0.4) is 0 Å². The number of benzene rings is 3. The largest absolute Gasteiger partial charge is 0.354 e. The lowest BCUT2D eigenvalue weighted by molar-refractivity contribution is -0.139. The van der Waals surface area contributed by atoms with Crippen molar-refractivity contribution in [3.05, 3.63) is 95.0 Å². The molecule has 0 aromatic heterocycles. The highest BCUT2D eigenvalue weighted by atomic mass is 35.5. The zero-order valence-electron chi connectivity index (χ0n) is 21.2. The average molecular weight is 542 g/mol. The first-order valence-electron chi connectivity index (χ1n) is 12.1. The Labute approximate surface area is 224 Å². The number of hydrogen-bond donors (Lipinski definition) is 1. The first-order chi connectivity index (χ1) is 17.6. The second-order valence-electron chi connectivity index (χ2n) is 8.78. The van der Waals surface area contributed by atoms with Gasteiger partial charge in [0.2, 0.25) is 11.8 Å². The van der Waals surface area contributed by atoms with Crippen LogP contribution in [0.1, 0.15) is 31.4 Å². The monoisotopic (exact) mass is 541 g/mol. The fraction of sp³-hybridized carbons (Fsp3) is 0.286. The minimum atomic E-state index is -4.07. The molecule has 1 N–H and O–H groups in total. The number of carbonyl (C=O) groups excluding carboxylic acids is 2. The normalized spacial score (nSPS) is 12.0. The predicted molar refractivity (Wildman–Crippen MR) is 147 cm³/mol. The van der Waals surface area contributed by atoms with Crippen molar-refractivity contribution in [2.24, 2.45) is 0 Å². The van der Waals surface area contributed by atoms with Gasteiger partial charge in [-0.15, -0.1) is 0 Å². The van der Waals surface area contributed by atoms with Gasteiger partial charge in [-0.25, -0.2) is 8.42 Å². The lowest BCUT2D eigenvalue weighted by atomic mass is 10.1. The Hall–Kier alpha value is -3.36. The maximum atomic E-state index is 13.8. The van der Waals surface area contributed by atoms with Crippen LogP contribution in [0.4, 0.5) is 5.69 Å². The van der Waals surface area contributed by atoms with Crippen LogP contribution in [-0.2, 0) is 26.2 Å². The number of halogens is 1. The SMILES string of the molecule is CCCNC(=O)C(C)N(Cc1cccc(Cl)c1)C(=O)CN(c1cccc(C)c1)S(=O)(=O)c1ccccc1. The molecule has 1 unspecified atom stereocenters. The van der Waals surface area contributed by atoms with Gasteiger partial charge in [-0.1, -0.05) is 61.0 Å². The van der Waals surface area contributed by atoms with Crippen molar-refractivity contribution in [3.8, 4) is 0 Å². The first-order valence-corrected chi connectivity index (χ1v) is 13.9. The van der Waals surface area contributed by atoms with Crippen molar-refractivity contribution in [2.45, 2.75) is 44.7 Å². The lowest BCUT2D eigenvalue weighted by Gasteiger charge is -2.32. The van der Waals surface area contributed by atoms with E-state index in [1.807, 2.05) is 26.0 Å². The molecule has 0 saturated carbocycles. The third kappa shape index (κ3) is 7.33. The summed E-state index contributed by atoms with van der Waals surface area (Å²) >= 11 is 6.16. The molecule has 0 heterocycles. The van der Waals surface area contributed by atoms with E-state index < -0.39 is 28.5 Å². The number of nitrogens with one attached hydrogen (secondary N) is 1. The summed E-state index contributed by atoms with van der Waals surface area (Å²) in [6, 6.07) is 21.1. The minimum Gasteiger partial charge on any atom is -0.354 e. The Morgan fingerprint density at radius 2 is 1.68 bits per heavy atom. The Bertz CT molecular complexity index is 1330. The van der Waals surface area contributed by atoms with E-state index in [9.17, 15) is 18.0 Å². The Morgan fingerprint density at radius 3 is 2.32 bits per heavy atom. The van der Waals surface area contributed by atoms with E-state index in [4.69, 9.17) is 11.6 Å².